The Kier molecular flexibility index (Phi) is 7.07. The van der Waals surface area contributed by atoms with E-state index in [9.17, 15) is 9.59 Å². The highest BCUT2D eigenvalue weighted by atomic mass is 35.5. The molecule has 2 atom stereocenters. The normalized spacial score (nSPS) is 22.9. The second-order valence-corrected chi connectivity index (χ2v) is 9.50. The monoisotopic (exact) mass is 479 g/mol. The number of nitrogens with zero attached hydrogens (tertiary/aromatic N) is 1. The van der Waals surface area contributed by atoms with Crippen LogP contribution in [0, 0.1) is 0 Å². The zero-order valence-electron chi connectivity index (χ0n) is 16.9. The summed E-state index contributed by atoms with van der Waals surface area (Å²) in [5.41, 5.74) is 1.52. The lowest BCUT2D eigenvalue weighted by atomic mass is 9.96. The van der Waals surface area contributed by atoms with Gasteiger partial charge in [0, 0.05) is 45.3 Å². The van der Waals surface area contributed by atoms with E-state index in [4.69, 9.17) is 34.8 Å². The number of piperidine rings is 1. The maximum atomic E-state index is 12.4. The standard InChI is InChI=1S/C23H24Cl3N3O2/c24-16-3-1-2-14(8-16)23(31)27-12-22(30)28-18-10-19-6-7-20(11-18)29(19)13-15-4-5-17(25)9-21(15)26/h1-5,8-9,18-20H,6-7,10-13H2,(H,27,31)(H,28,30). The van der Waals surface area contributed by atoms with Crippen LogP contribution in [-0.4, -0.2) is 41.4 Å². The SMILES string of the molecule is O=C(CNC(=O)c1cccc(Cl)c1)NC1CC2CCC(C1)N2Cc1ccc(Cl)cc1Cl. The first-order valence-electron chi connectivity index (χ1n) is 10.4. The minimum Gasteiger partial charge on any atom is -0.352 e. The number of hydrogen-bond donors (Lipinski definition) is 2. The van der Waals surface area contributed by atoms with E-state index >= 15 is 0 Å². The van der Waals surface area contributed by atoms with E-state index in [0.29, 0.717) is 32.7 Å². The summed E-state index contributed by atoms with van der Waals surface area (Å²) in [6, 6.07) is 13.2. The van der Waals surface area contributed by atoms with Crippen LogP contribution in [0.15, 0.2) is 42.5 Å². The molecule has 5 nitrogen and oxygen atoms in total. The number of rotatable bonds is 6. The van der Waals surface area contributed by atoms with Crippen molar-refractivity contribution in [2.75, 3.05) is 6.54 Å². The zero-order valence-corrected chi connectivity index (χ0v) is 19.2. The van der Waals surface area contributed by atoms with E-state index in [1.54, 1.807) is 30.3 Å². The van der Waals surface area contributed by atoms with Crippen LogP contribution >= 0.6 is 34.8 Å². The molecule has 0 spiro atoms. The molecule has 164 valence electrons. The van der Waals surface area contributed by atoms with Gasteiger partial charge < -0.3 is 10.6 Å². The van der Waals surface area contributed by atoms with E-state index in [2.05, 4.69) is 15.5 Å². The molecule has 0 saturated carbocycles. The quantitative estimate of drug-likeness (QED) is 0.631. The minimum absolute atomic E-state index is 0.0543. The van der Waals surface area contributed by atoms with Crippen LogP contribution in [0.1, 0.15) is 41.6 Å². The van der Waals surface area contributed by atoms with Crippen molar-refractivity contribution in [3.63, 3.8) is 0 Å². The molecule has 0 aromatic heterocycles. The molecule has 31 heavy (non-hydrogen) atoms. The molecule has 2 aromatic rings. The smallest absolute Gasteiger partial charge is 0.251 e. The van der Waals surface area contributed by atoms with E-state index in [-0.39, 0.29) is 24.4 Å². The van der Waals surface area contributed by atoms with Gasteiger partial charge >= 0.3 is 0 Å². The Morgan fingerprint density at radius 2 is 1.68 bits per heavy atom. The summed E-state index contributed by atoms with van der Waals surface area (Å²) < 4.78 is 0. The van der Waals surface area contributed by atoms with Gasteiger partial charge in [-0.3, -0.25) is 14.5 Å². The van der Waals surface area contributed by atoms with E-state index in [1.807, 2.05) is 12.1 Å². The Bertz CT molecular complexity index is 970. The van der Waals surface area contributed by atoms with Crippen molar-refractivity contribution < 1.29 is 9.59 Å². The van der Waals surface area contributed by atoms with E-state index < -0.39 is 0 Å². The fourth-order valence-corrected chi connectivity index (χ4v) is 5.33. The Hall–Kier alpha value is -1.79. The van der Waals surface area contributed by atoms with Crippen molar-refractivity contribution in [1.29, 1.82) is 0 Å². The second-order valence-electron chi connectivity index (χ2n) is 8.22. The van der Waals surface area contributed by atoms with Crippen LogP contribution in [0.3, 0.4) is 0 Å². The summed E-state index contributed by atoms with van der Waals surface area (Å²) in [7, 11) is 0. The fourth-order valence-electron chi connectivity index (χ4n) is 4.67. The molecule has 0 radical (unpaired) electrons. The molecule has 8 heteroatoms. The van der Waals surface area contributed by atoms with E-state index in [1.165, 1.54) is 0 Å². The molecule has 2 saturated heterocycles. The van der Waals surface area contributed by atoms with Gasteiger partial charge in [-0.15, -0.1) is 0 Å². The first-order chi connectivity index (χ1) is 14.9. The molecule has 4 rings (SSSR count). The molecule has 2 bridgehead atoms. The number of fused-ring (bicyclic) bond motifs is 2. The molecule has 2 unspecified atom stereocenters. The number of halogens is 3. The lowest BCUT2D eigenvalue weighted by molar-refractivity contribution is -0.121. The van der Waals surface area contributed by atoms with Crippen LogP contribution in [0.2, 0.25) is 15.1 Å². The summed E-state index contributed by atoms with van der Waals surface area (Å²) in [5, 5.41) is 7.57. The molecule has 2 amide bonds. The molecule has 2 aromatic carbocycles. The number of carbonyl (C=O) groups excluding carboxylic acids is 2. The Labute approximate surface area is 197 Å². The van der Waals surface area contributed by atoms with Crippen molar-refractivity contribution in [1.82, 2.24) is 15.5 Å². The van der Waals surface area contributed by atoms with Gasteiger partial charge in [-0.1, -0.05) is 46.9 Å². The van der Waals surface area contributed by atoms with Gasteiger partial charge in [0.25, 0.3) is 5.91 Å². The van der Waals surface area contributed by atoms with Crippen LogP contribution in [0.25, 0.3) is 0 Å². The second kappa shape index (κ2) is 9.78. The van der Waals surface area contributed by atoms with Crippen LogP contribution in [0.4, 0.5) is 0 Å². The average molecular weight is 481 g/mol. The lowest BCUT2D eigenvalue weighted by Crippen LogP contribution is -2.51. The summed E-state index contributed by atoms with van der Waals surface area (Å²) in [6.07, 6.45) is 4.03. The maximum absolute atomic E-state index is 12.4. The van der Waals surface area contributed by atoms with Gasteiger partial charge in [-0.25, -0.2) is 0 Å². The highest BCUT2D eigenvalue weighted by Gasteiger charge is 2.41. The van der Waals surface area contributed by atoms with Crippen molar-refractivity contribution >= 4 is 46.6 Å². The van der Waals surface area contributed by atoms with Gasteiger partial charge in [0.2, 0.25) is 5.91 Å². The summed E-state index contributed by atoms with van der Waals surface area (Å²) in [6.45, 7) is 0.739. The first-order valence-corrected chi connectivity index (χ1v) is 11.5. The van der Waals surface area contributed by atoms with Crippen LogP contribution in [-0.2, 0) is 11.3 Å². The molecule has 2 fully saturated rings. The number of carbonyl (C=O) groups is 2. The molecule has 0 aliphatic carbocycles. The third-order valence-corrected chi connectivity index (χ3v) is 6.94. The van der Waals surface area contributed by atoms with Gasteiger partial charge in [0.05, 0.1) is 6.54 Å². The van der Waals surface area contributed by atoms with Crippen molar-refractivity contribution in [3.05, 3.63) is 68.7 Å². The molecule has 2 heterocycles. The van der Waals surface area contributed by atoms with Crippen molar-refractivity contribution in [3.8, 4) is 0 Å². The largest absolute Gasteiger partial charge is 0.352 e. The topological polar surface area (TPSA) is 61.4 Å². The Balaban J connectivity index is 1.28. The van der Waals surface area contributed by atoms with Gasteiger partial charge in [0.1, 0.15) is 0 Å². The summed E-state index contributed by atoms with van der Waals surface area (Å²) in [5.74, 6) is -0.485. The Morgan fingerprint density at radius 1 is 0.968 bits per heavy atom. The molecule has 2 aliphatic rings. The third kappa shape index (κ3) is 5.53. The van der Waals surface area contributed by atoms with Crippen molar-refractivity contribution in [2.45, 2.75) is 50.4 Å². The minimum atomic E-state index is -0.313. The number of hydrogen-bond acceptors (Lipinski definition) is 3. The predicted molar refractivity (Wildman–Crippen MR) is 124 cm³/mol. The van der Waals surface area contributed by atoms with Crippen molar-refractivity contribution in [2.24, 2.45) is 0 Å². The Morgan fingerprint density at radius 3 is 2.35 bits per heavy atom. The number of nitrogens with one attached hydrogen (secondary N) is 2. The van der Waals surface area contributed by atoms with Gasteiger partial charge in [-0.05, 0) is 61.6 Å². The highest BCUT2D eigenvalue weighted by Crippen LogP contribution is 2.37. The number of benzene rings is 2. The number of amides is 2. The predicted octanol–water partition coefficient (Wildman–Crippen LogP) is 4.69. The third-order valence-electron chi connectivity index (χ3n) is 6.11. The summed E-state index contributed by atoms with van der Waals surface area (Å²) in [4.78, 5) is 27.1. The van der Waals surface area contributed by atoms with E-state index in [0.717, 1.165) is 37.8 Å². The highest BCUT2D eigenvalue weighted by molar-refractivity contribution is 6.35. The molecule has 2 N–H and O–H groups in total. The fraction of sp³-hybridized carbons (Fsp3) is 0.391. The molecular formula is C23H24Cl3N3O2. The maximum Gasteiger partial charge on any atom is 0.251 e. The molecule has 2 aliphatic heterocycles. The summed E-state index contributed by atoms with van der Waals surface area (Å²) >= 11 is 18.3. The van der Waals surface area contributed by atoms with Gasteiger partial charge in [0.15, 0.2) is 0 Å². The van der Waals surface area contributed by atoms with Crippen LogP contribution in [0.5, 0.6) is 0 Å². The first kappa shape index (κ1) is 22.4. The van der Waals surface area contributed by atoms with Gasteiger partial charge in [-0.2, -0.15) is 0 Å². The average Bonchev–Trinajstić information content (AvgIpc) is 2.96. The lowest BCUT2D eigenvalue weighted by Gasteiger charge is -2.39. The molecular weight excluding hydrogens is 457 g/mol. The zero-order chi connectivity index (χ0) is 22.0. The van der Waals surface area contributed by atoms with Crippen LogP contribution < -0.4 is 10.6 Å².